The SMILES string of the molecule is CC(C)SC(C(=O)c1ccccc1)C1CCCC1. The predicted octanol–water partition coefficient (Wildman–Crippen LogP) is 4.57. The molecule has 0 bridgehead atoms. The third-order valence-corrected chi connectivity index (χ3v) is 5.00. The summed E-state index contributed by atoms with van der Waals surface area (Å²) in [6.07, 6.45) is 5.04. The quantitative estimate of drug-likeness (QED) is 0.723. The summed E-state index contributed by atoms with van der Waals surface area (Å²) in [6.45, 7) is 4.37. The van der Waals surface area contributed by atoms with Crippen molar-refractivity contribution in [2.75, 3.05) is 0 Å². The third kappa shape index (κ3) is 3.38. The van der Waals surface area contributed by atoms with Crippen LogP contribution in [-0.4, -0.2) is 16.3 Å². The zero-order valence-electron chi connectivity index (χ0n) is 11.3. The summed E-state index contributed by atoms with van der Waals surface area (Å²) < 4.78 is 0. The number of ketones is 1. The number of rotatable bonds is 5. The molecule has 0 radical (unpaired) electrons. The van der Waals surface area contributed by atoms with Gasteiger partial charge in [-0.1, -0.05) is 57.0 Å². The number of carbonyl (C=O) groups excluding carboxylic acids is 1. The highest BCUT2D eigenvalue weighted by Crippen LogP contribution is 2.37. The number of hydrogen-bond donors (Lipinski definition) is 0. The molecule has 2 heteroatoms. The van der Waals surface area contributed by atoms with Crippen molar-refractivity contribution < 1.29 is 4.79 Å². The van der Waals surface area contributed by atoms with Crippen molar-refractivity contribution in [1.82, 2.24) is 0 Å². The Morgan fingerprint density at radius 1 is 1.17 bits per heavy atom. The Morgan fingerprint density at radius 3 is 2.33 bits per heavy atom. The lowest BCUT2D eigenvalue weighted by Gasteiger charge is -2.23. The van der Waals surface area contributed by atoms with Gasteiger partial charge < -0.3 is 0 Å². The van der Waals surface area contributed by atoms with Gasteiger partial charge in [0.15, 0.2) is 5.78 Å². The summed E-state index contributed by atoms with van der Waals surface area (Å²) in [5.41, 5.74) is 0.877. The normalized spacial score (nSPS) is 18.2. The molecule has 1 fully saturated rings. The maximum Gasteiger partial charge on any atom is 0.176 e. The number of Topliss-reactive ketones (excluding diaryl/α,β-unsaturated/α-hetero) is 1. The summed E-state index contributed by atoms with van der Waals surface area (Å²) in [5, 5.41) is 0.679. The van der Waals surface area contributed by atoms with Gasteiger partial charge in [-0.3, -0.25) is 4.79 Å². The number of hydrogen-bond acceptors (Lipinski definition) is 2. The smallest absolute Gasteiger partial charge is 0.176 e. The first-order chi connectivity index (χ1) is 8.68. The molecular formula is C16H22OS. The van der Waals surface area contributed by atoms with E-state index in [4.69, 9.17) is 0 Å². The Kier molecular flexibility index (Phi) is 4.87. The number of carbonyl (C=O) groups is 1. The van der Waals surface area contributed by atoms with E-state index in [0.29, 0.717) is 17.0 Å². The van der Waals surface area contributed by atoms with Crippen LogP contribution in [0.3, 0.4) is 0 Å². The third-order valence-electron chi connectivity index (χ3n) is 3.56. The topological polar surface area (TPSA) is 17.1 Å². The number of benzene rings is 1. The van der Waals surface area contributed by atoms with Gasteiger partial charge in [-0.25, -0.2) is 0 Å². The van der Waals surface area contributed by atoms with Crippen LogP contribution in [0.25, 0.3) is 0 Å². The molecule has 0 N–H and O–H groups in total. The van der Waals surface area contributed by atoms with Gasteiger partial charge in [0.2, 0.25) is 0 Å². The van der Waals surface area contributed by atoms with Gasteiger partial charge in [-0.2, -0.15) is 0 Å². The van der Waals surface area contributed by atoms with Crippen LogP contribution >= 0.6 is 11.8 Å². The molecule has 0 saturated heterocycles. The lowest BCUT2D eigenvalue weighted by atomic mass is 9.96. The van der Waals surface area contributed by atoms with Crippen LogP contribution in [-0.2, 0) is 0 Å². The minimum absolute atomic E-state index is 0.162. The summed E-state index contributed by atoms with van der Waals surface area (Å²) in [5.74, 6) is 0.923. The molecule has 0 amide bonds. The lowest BCUT2D eigenvalue weighted by Crippen LogP contribution is -2.26. The van der Waals surface area contributed by atoms with Crippen LogP contribution in [0.2, 0.25) is 0 Å². The predicted molar refractivity (Wildman–Crippen MR) is 79.2 cm³/mol. The van der Waals surface area contributed by atoms with Gasteiger partial charge in [0.1, 0.15) is 0 Å². The van der Waals surface area contributed by atoms with Crippen molar-refractivity contribution in [3.05, 3.63) is 35.9 Å². The van der Waals surface area contributed by atoms with Crippen molar-refractivity contribution in [2.24, 2.45) is 5.92 Å². The Labute approximate surface area is 114 Å². The van der Waals surface area contributed by atoms with E-state index in [1.54, 1.807) is 0 Å². The fourth-order valence-corrected chi connectivity index (χ4v) is 4.05. The van der Waals surface area contributed by atoms with Crippen LogP contribution < -0.4 is 0 Å². The molecule has 98 valence electrons. The fraction of sp³-hybridized carbons (Fsp3) is 0.562. The average molecular weight is 262 g/mol. The molecule has 0 aromatic heterocycles. The molecule has 0 aliphatic heterocycles. The van der Waals surface area contributed by atoms with Gasteiger partial charge >= 0.3 is 0 Å². The largest absolute Gasteiger partial charge is 0.293 e. The highest BCUT2D eigenvalue weighted by Gasteiger charge is 2.32. The second kappa shape index (κ2) is 6.42. The molecule has 0 spiro atoms. The van der Waals surface area contributed by atoms with E-state index in [1.165, 1.54) is 25.7 Å². The molecule has 1 aliphatic carbocycles. The first-order valence-corrected chi connectivity index (χ1v) is 7.87. The van der Waals surface area contributed by atoms with Crippen LogP contribution in [0.5, 0.6) is 0 Å². The molecule has 1 saturated carbocycles. The summed E-state index contributed by atoms with van der Waals surface area (Å²) in [7, 11) is 0. The molecule has 1 aromatic carbocycles. The van der Waals surface area contributed by atoms with Crippen molar-refractivity contribution in [2.45, 2.75) is 50.0 Å². The van der Waals surface area contributed by atoms with E-state index < -0.39 is 0 Å². The second-order valence-corrected chi connectivity index (χ2v) is 7.10. The van der Waals surface area contributed by atoms with Crippen LogP contribution in [0, 0.1) is 5.92 Å². The minimum Gasteiger partial charge on any atom is -0.293 e. The lowest BCUT2D eigenvalue weighted by molar-refractivity contribution is 0.0970. The number of thioether (sulfide) groups is 1. The minimum atomic E-state index is 0.162. The molecule has 1 aliphatic rings. The van der Waals surface area contributed by atoms with Crippen LogP contribution in [0.15, 0.2) is 30.3 Å². The van der Waals surface area contributed by atoms with Crippen molar-refractivity contribution >= 4 is 17.5 Å². The summed E-state index contributed by atoms with van der Waals surface area (Å²) >= 11 is 1.85. The standard InChI is InChI=1S/C16H22OS/c1-12(2)18-16(14-10-6-7-11-14)15(17)13-8-4-3-5-9-13/h3-5,8-9,12,14,16H,6-7,10-11H2,1-2H3. The van der Waals surface area contributed by atoms with E-state index in [-0.39, 0.29) is 5.25 Å². The van der Waals surface area contributed by atoms with Gasteiger partial charge in [0.05, 0.1) is 5.25 Å². The van der Waals surface area contributed by atoms with Crippen molar-refractivity contribution in [1.29, 1.82) is 0 Å². The monoisotopic (exact) mass is 262 g/mol. The van der Waals surface area contributed by atoms with Gasteiger partial charge in [0, 0.05) is 5.56 Å². The average Bonchev–Trinajstić information content (AvgIpc) is 2.89. The Bertz CT molecular complexity index is 379. The first-order valence-electron chi connectivity index (χ1n) is 6.93. The van der Waals surface area contributed by atoms with E-state index in [1.807, 2.05) is 42.1 Å². The highest BCUT2D eigenvalue weighted by atomic mass is 32.2. The highest BCUT2D eigenvalue weighted by molar-refractivity contribution is 8.01. The maximum absolute atomic E-state index is 12.6. The molecule has 1 unspecified atom stereocenters. The second-order valence-electron chi connectivity index (χ2n) is 5.38. The van der Waals surface area contributed by atoms with Gasteiger partial charge in [-0.15, -0.1) is 11.8 Å². The van der Waals surface area contributed by atoms with E-state index >= 15 is 0 Å². The fourth-order valence-electron chi connectivity index (χ4n) is 2.71. The molecule has 2 rings (SSSR count). The molecule has 1 nitrogen and oxygen atoms in total. The Balaban J connectivity index is 2.15. The molecule has 1 aromatic rings. The van der Waals surface area contributed by atoms with Crippen molar-refractivity contribution in [3.63, 3.8) is 0 Å². The molecule has 0 heterocycles. The van der Waals surface area contributed by atoms with Gasteiger partial charge in [-0.05, 0) is 24.0 Å². The summed E-state index contributed by atoms with van der Waals surface area (Å²) in [6, 6.07) is 9.78. The Morgan fingerprint density at radius 2 is 1.78 bits per heavy atom. The van der Waals surface area contributed by atoms with Crippen molar-refractivity contribution in [3.8, 4) is 0 Å². The first kappa shape index (κ1) is 13.7. The van der Waals surface area contributed by atoms with E-state index in [9.17, 15) is 4.79 Å². The summed E-state index contributed by atoms with van der Waals surface area (Å²) in [4.78, 5) is 12.6. The maximum atomic E-state index is 12.6. The van der Waals surface area contributed by atoms with E-state index in [0.717, 1.165) is 5.56 Å². The Hall–Kier alpha value is -0.760. The van der Waals surface area contributed by atoms with Gasteiger partial charge in [0.25, 0.3) is 0 Å². The zero-order chi connectivity index (χ0) is 13.0. The van der Waals surface area contributed by atoms with Crippen LogP contribution in [0.4, 0.5) is 0 Å². The molecule has 1 atom stereocenters. The van der Waals surface area contributed by atoms with E-state index in [2.05, 4.69) is 13.8 Å². The molecular weight excluding hydrogens is 240 g/mol. The molecule has 18 heavy (non-hydrogen) atoms. The zero-order valence-corrected chi connectivity index (χ0v) is 12.1. The van der Waals surface area contributed by atoms with Crippen LogP contribution in [0.1, 0.15) is 49.9 Å².